The number of hydrogen-bond donors (Lipinski definition) is 0. The number of fused-ring (bicyclic) bond motifs is 1. The van der Waals surface area contributed by atoms with E-state index in [-0.39, 0.29) is 17.7 Å². The molecule has 0 bridgehead atoms. The Morgan fingerprint density at radius 2 is 1.57 bits per heavy atom. The van der Waals surface area contributed by atoms with Crippen molar-refractivity contribution >= 4 is 17.7 Å². The molecule has 1 saturated carbocycles. The standard InChI is InChI=1S/C25H26N2O3/c28-22(26-16-25(17-26)12-5-2-6-13-25)19-9-10-20-21(15-19)24(30)27(23(20)29)14-11-18-7-3-1-4-8-18/h1,3-4,7-10,15H,2,5-6,11-14,16-17H2. The molecule has 5 nitrogen and oxygen atoms in total. The van der Waals surface area contributed by atoms with E-state index in [9.17, 15) is 14.4 Å². The molecule has 154 valence electrons. The molecule has 5 rings (SSSR count). The van der Waals surface area contributed by atoms with E-state index in [1.165, 1.54) is 37.0 Å². The molecule has 5 heteroatoms. The molecule has 0 N–H and O–H groups in total. The zero-order chi connectivity index (χ0) is 20.7. The number of amides is 3. The molecule has 30 heavy (non-hydrogen) atoms. The third kappa shape index (κ3) is 3.22. The van der Waals surface area contributed by atoms with E-state index in [1.807, 2.05) is 35.2 Å². The summed E-state index contributed by atoms with van der Waals surface area (Å²) in [7, 11) is 0. The zero-order valence-corrected chi connectivity index (χ0v) is 17.1. The van der Waals surface area contributed by atoms with Gasteiger partial charge in [-0.1, -0.05) is 49.6 Å². The minimum Gasteiger partial charge on any atom is -0.337 e. The van der Waals surface area contributed by atoms with Crippen LogP contribution in [0.1, 0.15) is 68.7 Å². The fourth-order valence-electron chi connectivity index (χ4n) is 5.22. The Morgan fingerprint density at radius 3 is 2.30 bits per heavy atom. The molecule has 3 amide bonds. The van der Waals surface area contributed by atoms with Gasteiger partial charge in [-0.3, -0.25) is 19.3 Å². The molecule has 2 heterocycles. The van der Waals surface area contributed by atoms with Gasteiger partial charge >= 0.3 is 0 Å². The first kappa shape index (κ1) is 19.0. The Hall–Kier alpha value is -2.95. The number of carbonyl (C=O) groups excluding carboxylic acids is 3. The highest BCUT2D eigenvalue weighted by Gasteiger charge is 2.45. The van der Waals surface area contributed by atoms with E-state index in [4.69, 9.17) is 0 Å². The van der Waals surface area contributed by atoms with E-state index < -0.39 is 0 Å². The van der Waals surface area contributed by atoms with Gasteiger partial charge in [-0.15, -0.1) is 0 Å². The van der Waals surface area contributed by atoms with E-state index in [1.54, 1.807) is 18.2 Å². The molecule has 1 saturated heterocycles. The van der Waals surface area contributed by atoms with Crippen LogP contribution in [0.5, 0.6) is 0 Å². The van der Waals surface area contributed by atoms with Gasteiger partial charge in [0.1, 0.15) is 0 Å². The van der Waals surface area contributed by atoms with Crippen LogP contribution in [-0.4, -0.2) is 47.2 Å². The molecule has 2 aromatic rings. The first-order chi connectivity index (χ1) is 14.6. The van der Waals surface area contributed by atoms with Gasteiger partial charge < -0.3 is 4.90 Å². The quantitative estimate of drug-likeness (QED) is 0.728. The number of nitrogens with zero attached hydrogens (tertiary/aromatic N) is 2. The van der Waals surface area contributed by atoms with Crippen LogP contribution < -0.4 is 0 Å². The maximum atomic E-state index is 12.9. The largest absolute Gasteiger partial charge is 0.337 e. The Morgan fingerprint density at radius 1 is 0.867 bits per heavy atom. The van der Waals surface area contributed by atoms with Crippen LogP contribution in [-0.2, 0) is 6.42 Å². The maximum Gasteiger partial charge on any atom is 0.261 e. The van der Waals surface area contributed by atoms with Gasteiger partial charge in [0.2, 0.25) is 0 Å². The number of likely N-dealkylation sites (tertiary alicyclic amines) is 1. The van der Waals surface area contributed by atoms with E-state index in [2.05, 4.69) is 0 Å². The van der Waals surface area contributed by atoms with E-state index in [0.717, 1.165) is 18.7 Å². The summed E-state index contributed by atoms with van der Waals surface area (Å²) in [5, 5.41) is 0. The summed E-state index contributed by atoms with van der Waals surface area (Å²) in [4.78, 5) is 41.7. The van der Waals surface area contributed by atoms with Crippen molar-refractivity contribution in [3.63, 3.8) is 0 Å². The number of carbonyl (C=O) groups is 3. The molecule has 0 radical (unpaired) electrons. The van der Waals surface area contributed by atoms with Crippen molar-refractivity contribution in [3.8, 4) is 0 Å². The molecule has 0 unspecified atom stereocenters. The van der Waals surface area contributed by atoms with Gasteiger partial charge in [-0.05, 0) is 43.0 Å². The Balaban J connectivity index is 1.28. The highest BCUT2D eigenvalue weighted by molar-refractivity contribution is 6.22. The summed E-state index contributed by atoms with van der Waals surface area (Å²) in [6.07, 6.45) is 6.87. The minimum atomic E-state index is -0.298. The molecule has 0 aromatic heterocycles. The van der Waals surface area contributed by atoms with E-state index in [0.29, 0.717) is 35.1 Å². The summed E-state index contributed by atoms with van der Waals surface area (Å²) >= 11 is 0. The highest BCUT2D eigenvalue weighted by Crippen LogP contribution is 2.44. The fraction of sp³-hybridized carbons (Fsp3) is 0.400. The first-order valence-corrected chi connectivity index (χ1v) is 10.9. The van der Waals surface area contributed by atoms with Crippen LogP contribution in [0.3, 0.4) is 0 Å². The zero-order valence-electron chi connectivity index (χ0n) is 17.1. The van der Waals surface area contributed by atoms with Crippen molar-refractivity contribution < 1.29 is 14.4 Å². The Kier molecular flexibility index (Phi) is 4.69. The summed E-state index contributed by atoms with van der Waals surface area (Å²) < 4.78 is 0. The summed E-state index contributed by atoms with van der Waals surface area (Å²) in [5.74, 6) is -0.597. The monoisotopic (exact) mass is 402 g/mol. The maximum absolute atomic E-state index is 12.9. The summed E-state index contributed by atoms with van der Waals surface area (Å²) in [6, 6.07) is 14.8. The molecule has 0 atom stereocenters. The summed E-state index contributed by atoms with van der Waals surface area (Å²) in [5.41, 5.74) is 2.67. The smallest absolute Gasteiger partial charge is 0.261 e. The molecular weight excluding hydrogens is 376 g/mol. The lowest BCUT2D eigenvalue weighted by molar-refractivity contribution is -0.0154. The Labute approximate surface area is 176 Å². The number of imide groups is 1. The molecular formula is C25H26N2O3. The predicted octanol–water partition coefficient (Wildman–Crippen LogP) is 3.93. The fourth-order valence-corrected chi connectivity index (χ4v) is 5.22. The lowest BCUT2D eigenvalue weighted by Crippen LogP contribution is -2.59. The van der Waals surface area contributed by atoms with Crippen molar-refractivity contribution in [1.29, 1.82) is 0 Å². The van der Waals surface area contributed by atoms with Gasteiger partial charge in [0.25, 0.3) is 17.7 Å². The van der Waals surface area contributed by atoms with E-state index >= 15 is 0 Å². The average molecular weight is 402 g/mol. The molecule has 1 spiro atoms. The van der Waals surface area contributed by atoms with Crippen molar-refractivity contribution in [2.45, 2.75) is 38.5 Å². The third-order valence-corrected chi connectivity index (χ3v) is 6.94. The number of hydrogen-bond acceptors (Lipinski definition) is 3. The SMILES string of the molecule is O=C(c1ccc2c(c1)C(=O)N(CCc1ccccc1)C2=O)N1CC2(CCCCC2)C1. The normalized spacial score (nSPS) is 19.7. The van der Waals surface area contributed by atoms with Gasteiger partial charge in [0.05, 0.1) is 11.1 Å². The van der Waals surface area contributed by atoms with Gasteiger partial charge in [0, 0.05) is 30.6 Å². The lowest BCUT2D eigenvalue weighted by Gasteiger charge is -2.52. The predicted molar refractivity (Wildman–Crippen MR) is 113 cm³/mol. The van der Waals surface area contributed by atoms with Crippen LogP contribution in [0.4, 0.5) is 0 Å². The van der Waals surface area contributed by atoms with Crippen LogP contribution in [0.25, 0.3) is 0 Å². The second kappa shape index (κ2) is 7.38. The Bertz CT molecular complexity index is 1000. The highest BCUT2D eigenvalue weighted by atomic mass is 16.2. The van der Waals surface area contributed by atoms with Crippen LogP contribution in [0.2, 0.25) is 0 Å². The first-order valence-electron chi connectivity index (χ1n) is 10.9. The van der Waals surface area contributed by atoms with Gasteiger partial charge in [-0.2, -0.15) is 0 Å². The second-order valence-corrected chi connectivity index (χ2v) is 8.98. The van der Waals surface area contributed by atoms with Crippen molar-refractivity contribution in [3.05, 3.63) is 70.8 Å². The third-order valence-electron chi connectivity index (χ3n) is 6.94. The van der Waals surface area contributed by atoms with Gasteiger partial charge in [-0.25, -0.2) is 0 Å². The minimum absolute atomic E-state index is 0.0306. The van der Waals surface area contributed by atoms with Gasteiger partial charge in [0.15, 0.2) is 0 Å². The molecule has 2 aliphatic heterocycles. The van der Waals surface area contributed by atoms with Crippen molar-refractivity contribution in [2.75, 3.05) is 19.6 Å². The van der Waals surface area contributed by atoms with Crippen molar-refractivity contribution in [1.82, 2.24) is 9.80 Å². The topological polar surface area (TPSA) is 57.7 Å². The molecule has 2 fully saturated rings. The number of benzene rings is 2. The van der Waals surface area contributed by atoms with Crippen LogP contribution in [0.15, 0.2) is 48.5 Å². The van der Waals surface area contributed by atoms with Crippen LogP contribution in [0, 0.1) is 5.41 Å². The van der Waals surface area contributed by atoms with Crippen LogP contribution >= 0.6 is 0 Å². The summed E-state index contributed by atoms with van der Waals surface area (Å²) in [6.45, 7) is 1.98. The van der Waals surface area contributed by atoms with Crippen molar-refractivity contribution in [2.24, 2.45) is 5.41 Å². The lowest BCUT2D eigenvalue weighted by atomic mass is 9.68. The molecule has 1 aliphatic carbocycles. The molecule has 2 aromatic carbocycles. The molecule has 3 aliphatic rings. The average Bonchev–Trinajstić information content (AvgIpc) is 3.00. The second-order valence-electron chi connectivity index (χ2n) is 8.98. The number of rotatable bonds is 4.